The Labute approximate surface area is 221 Å². The number of hydrogen-bond acceptors (Lipinski definition) is 5. The van der Waals surface area contributed by atoms with Gasteiger partial charge in [-0.3, -0.25) is 0 Å². The monoisotopic (exact) mass is 715 g/mol. The minimum Gasteiger partial charge on any atom is -0.493 e. The van der Waals surface area contributed by atoms with E-state index in [1.807, 2.05) is 60.7 Å². The van der Waals surface area contributed by atoms with Crippen molar-refractivity contribution in [3.8, 4) is 11.5 Å². The normalized spacial score (nSPS) is 14.3. The van der Waals surface area contributed by atoms with Crippen LogP contribution < -0.4 is 9.47 Å². The first-order valence-corrected chi connectivity index (χ1v) is 12.4. The molecule has 3 aromatic carbocycles. The summed E-state index contributed by atoms with van der Waals surface area (Å²) in [5, 5.41) is 0. The molecule has 1 aliphatic heterocycles. The van der Waals surface area contributed by atoms with Crippen molar-refractivity contribution >= 4 is 79.1 Å². The van der Waals surface area contributed by atoms with E-state index in [1.54, 1.807) is 13.2 Å². The van der Waals surface area contributed by atoms with Gasteiger partial charge in [0.2, 0.25) is 5.90 Å². The van der Waals surface area contributed by atoms with E-state index >= 15 is 0 Å². The van der Waals surface area contributed by atoms with Gasteiger partial charge in [0.05, 0.1) is 10.7 Å². The highest BCUT2D eigenvalue weighted by molar-refractivity contribution is 14.1. The SMILES string of the molecule is COc1cc(/C=C2\N=C(c3ccc(Br)cc3)OC2=O)cc(I)c1OCc1ccccc1I. The number of carbonyl (C=O) groups excluding carboxylic acids is 1. The summed E-state index contributed by atoms with van der Waals surface area (Å²) >= 11 is 7.89. The fourth-order valence-electron chi connectivity index (χ4n) is 3.01. The lowest BCUT2D eigenvalue weighted by atomic mass is 10.1. The number of rotatable bonds is 6. The summed E-state index contributed by atoms with van der Waals surface area (Å²) in [5.41, 5.74) is 2.82. The van der Waals surface area contributed by atoms with Crippen LogP contribution in [0.25, 0.3) is 6.08 Å². The molecule has 0 atom stereocenters. The zero-order valence-electron chi connectivity index (χ0n) is 16.8. The molecule has 0 amide bonds. The van der Waals surface area contributed by atoms with Gasteiger partial charge < -0.3 is 14.2 Å². The molecule has 0 saturated carbocycles. The fraction of sp³-hybridized carbons (Fsp3) is 0.0833. The Balaban J connectivity index is 1.59. The Morgan fingerprint density at radius 2 is 1.81 bits per heavy atom. The zero-order chi connectivity index (χ0) is 22.7. The molecule has 1 aliphatic rings. The van der Waals surface area contributed by atoms with Crippen molar-refractivity contribution in [2.45, 2.75) is 6.61 Å². The summed E-state index contributed by atoms with van der Waals surface area (Å²) < 4.78 is 19.9. The molecule has 5 nitrogen and oxygen atoms in total. The number of ether oxygens (including phenoxy) is 3. The van der Waals surface area contributed by atoms with E-state index in [-0.39, 0.29) is 11.6 Å². The number of hydrogen-bond donors (Lipinski definition) is 0. The molecule has 3 aromatic rings. The van der Waals surface area contributed by atoms with Crippen LogP contribution in [0.3, 0.4) is 0 Å². The van der Waals surface area contributed by atoms with Crippen molar-refractivity contribution in [2.24, 2.45) is 4.99 Å². The molecule has 8 heteroatoms. The van der Waals surface area contributed by atoms with E-state index in [9.17, 15) is 4.79 Å². The van der Waals surface area contributed by atoms with Crippen LogP contribution in [0, 0.1) is 7.14 Å². The predicted octanol–water partition coefficient (Wildman–Crippen LogP) is 6.59. The standard InChI is InChI=1S/C24H16BrI2NO4/c1-30-21-12-14(10-19(27)22(21)31-13-16-4-2-3-5-18(16)26)11-20-24(29)32-23(28-20)15-6-8-17(25)9-7-15/h2-12H,13H2,1H3/b20-11-. The lowest BCUT2D eigenvalue weighted by Gasteiger charge is -2.14. The molecule has 0 radical (unpaired) electrons. The topological polar surface area (TPSA) is 57.1 Å². The molecule has 0 spiro atoms. The number of carbonyl (C=O) groups is 1. The molecule has 0 saturated heterocycles. The van der Waals surface area contributed by atoms with Crippen LogP contribution in [0.4, 0.5) is 0 Å². The van der Waals surface area contributed by atoms with Gasteiger partial charge in [0.1, 0.15) is 6.61 Å². The molecule has 0 unspecified atom stereocenters. The maximum atomic E-state index is 12.4. The lowest BCUT2D eigenvalue weighted by molar-refractivity contribution is -0.129. The third kappa shape index (κ3) is 5.34. The Morgan fingerprint density at radius 3 is 2.53 bits per heavy atom. The number of halogens is 3. The number of nitrogens with zero attached hydrogens (tertiary/aromatic N) is 1. The number of benzene rings is 3. The first-order chi connectivity index (χ1) is 15.4. The van der Waals surface area contributed by atoms with Gasteiger partial charge in [0.25, 0.3) is 0 Å². The van der Waals surface area contributed by atoms with Crippen molar-refractivity contribution in [2.75, 3.05) is 7.11 Å². The Bertz CT molecular complexity index is 1240. The first kappa shape index (κ1) is 23.2. The smallest absolute Gasteiger partial charge is 0.363 e. The average Bonchev–Trinajstić information content (AvgIpc) is 3.14. The average molecular weight is 716 g/mol. The van der Waals surface area contributed by atoms with E-state index in [0.29, 0.717) is 18.1 Å². The summed E-state index contributed by atoms with van der Waals surface area (Å²) in [7, 11) is 1.59. The number of methoxy groups -OCH3 is 1. The van der Waals surface area contributed by atoms with Crippen molar-refractivity contribution < 1.29 is 19.0 Å². The van der Waals surface area contributed by atoms with Gasteiger partial charge in [-0.1, -0.05) is 34.1 Å². The summed E-state index contributed by atoms with van der Waals surface area (Å²) in [5.74, 6) is 1.03. The molecule has 162 valence electrons. The molecular formula is C24H16BrI2NO4. The maximum Gasteiger partial charge on any atom is 0.363 e. The third-order valence-corrected chi connectivity index (χ3v) is 6.98. The van der Waals surface area contributed by atoms with Gasteiger partial charge in [-0.15, -0.1) is 0 Å². The second-order valence-electron chi connectivity index (χ2n) is 6.76. The summed E-state index contributed by atoms with van der Waals surface area (Å²) in [4.78, 5) is 16.7. The highest BCUT2D eigenvalue weighted by Crippen LogP contribution is 2.36. The van der Waals surface area contributed by atoms with Crippen molar-refractivity contribution in [1.82, 2.24) is 0 Å². The minimum atomic E-state index is -0.490. The minimum absolute atomic E-state index is 0.230. The highest BCUT2D eigenvalue weighted by atomic mass is 127. The van der Waals surface area contributed by atoms with Crippen molar-refractivity contribution in [3.63, 3.8) is 0 Å². The van der Waals surface area contributed by atoms with E-state index in [0.717, 1.165) is 28.3 Å². The molecule has 0 N–H and O–H groups in total. The Hall–Kier alpha value is -1.92. The van der Waals surface area contributed by atoms with E-state index in [1.165, 1.54) is 0 Å². The number of cyclic esters (lactones) is 1. The molecular weight excluding hydrogens is 700 g/mol. The quantitative estimate of drug-likeness (QED) is 0.164. The molecule has 0 bridgehead atoms. The van der Waals surface area contributed by atoms with Crippen LogP contribution in [-0.2, 0) is 16.1 Å². The highest BCUT2D eigenvalue weighted by Gasteiger charge is 2.24. The number of esters is 1. The van der Waals surface area contributed by atoms with E-state index in [2.05, 4.69) is 66.1 Å². The van der Waals surface area contributed by atoms with Crippen LogP contribution in [0.5, 0.6) is 11.5 Å². The van der Waals surface area contributed by atoms with Gasteiger partial charge in [0, 0.05) is 19.2 Å². The fourth-order valence-corrected chi connectivity index (χ4v) is 4.60. The third-order valence-electron chi connectivity index (χ3n) is 4.60. The lowest BCUT2D eigenvalue weighted by Crippen LogP contribution is -2.05. The first-order valence-electron chi connectivity index (χ1n) is 9.47. The van der Waals surface area contributed by atoms with Gasteiger partial charge in [-0.05, 0) is 99.3 Å². The van der Waals surface area contributed by atoms with Crippen molar-refractivity contribution in [1.29, 1.82) is 0 Å². The van der Waals surface area contributed by atoms with Crippen LogP contribution in [0.15, 0.2) is 75.8 Å². The zero-order valence-corrected chi connectivity index (χ0v) is 22.7. The van der Waals surface area contributed by atoms with Crippen LogP contribution >= 0.6 is 61.1 Å². The van der Waals surface area contributed by atoms with Crippen LogP contribution in [0.2, 0.25) is 0 Å². The molecule has 0 aliphatic carbocycles. The van der Waals surface area contributed by atoms with Crippen LogP contribution in [-0.4, -0.2) is 19.0 Å². The molecule has 32 heavy (non-hydrogen) atoms. The Kier molecular flexibility index (Phi) is 7.51. The van der Waals surface area contributed by atoms with Gasteiger partial charge in [0.15, 0.2) is 17.2 Å². The number of aliphatic imine (C=N–C) groups is 1. The molecule has 0 aromatic heterocycles. The van der Waals surface area contributed by atoms with Crippen LogP contribution in [0.1, 0.15) is 16.7 Å². The predicted molar refractivity (Wildman–Crippen MR) is 144 cm³/mol. The molecule has 4 rings (SSSR count). The van der Waals surface area contributed by atoms with E-state index < -0.39 is 5.97 Å². The largest absolute Gasteiger partial charge is 0.493 e. The second-order valence-corrected chi connectivity index (χ2v) is 10.00. The molecule has 0 fully saturated rings. The van der Waals surface area contributed by atoms with Gasteiger partial charge in [-0.2, -0.15) is 0 Å². The van der Waals surface area contributed by atoms with Gasteiger partial charge >= 0.3 is 5.97 Å². The molecule has 1 heterocycles. The summed E-state index contributed by atoms with van der Waals surface area (Å²) in [6, 6.07) is 19.2. The van der Waals surface area contributed by atoms with Crippen molar-refractivity contribution in [3.05, 3.63) is 94.7 Å². The second kappa shape index (κ2) is 10.3. The summed E-state index contributed by atoms with van der Waals surface area (Å²) in [6.45, 7) is 0.430. The van der Waals surface area contributed by atoms with E-state index in [4.69, 9.17) is 14.2 Å². The van der Waals surface area contributed by atoms with Gasteiger partial charge in [-0.25, -0.2) is 9.79 Å². The Morgan fingerprint density at radius 1 is 1.06 bits per heavy atom. The summed E-state index contributed by atoms with van der Waals surface area (Å²) in [6.07, 6.45) is 1.68. The maximum absolute atomic E-state index is 12.4.